The van der Waals surface area contributed by atoms with Crippen molar-refractivity contribution in [2.45, 2.75) is 19.3 Å². The number of thioether (sulfide) groups is 1. The molecule has 2 nitrogen and oxygen atoms in total. The molecule has 64 valence electrons. The molecule has 0 saturated carbocycles. The van der Waals surface area contributed by atoms with Gasteiger partial charge in [0.1, 0.15) is 4.32 Å². The van der Waals surface area contributed by atoms with Gasteiger partial charge in [0.2, 0.25) is 0 Å². The van der Waals surface area contributed by atoms with Crippen LogP contribution in [0.15, 0.2) is 0 Å². The van der Waals surface area contributed by atoms with E-state index < -0.39 is 0 Å². The summed E-state index contributed by atoms with van der Waals surface area (Å²) in [7, 11) is 0. The first kappa shape index (κ1) is 9.29. The van der Waals surface area contributed by atoms with Gasteiger partial charge in [-0.3, -0.25) is 0 Å². The summed E-state index contributed by atoms with van der Waals surface area (Å²) in [6.45, 7) is 2.28. The molecule has 1 saturated heterocycles. The Morgan fingerprint density at radius 2 is 2.00 bits per heavy atom. The smallest absolute Gasteiger partial charge is 0.147 e. The van der Waals surface area contributed by atoms with E-state index in [9.17, 15) is 0 Å². The van der Waals surface area contributed by atoms with Gasteiger partial charge < -0.3 is 5.43 Å². The highest BCUT2D eigenvalue weighted by molar-refractivity contribution is 8.22. The molecule has 1 N–H and O–H groups in total. The number of nitrogens with zero attached hydrogens (tertiary/aromatic N) is 1. The molecule has 0 unspecified atom stereocenters. The standard InChI is InChI=1S/C7H14N2S2/c1-11-7(10)8-9-5-3-2-4-6-9/h2-6H2,1H3,(H,8,10). The van der Waals surface area contributed by atoms with E-state index >= 15 is 0 Å². The number of thiocarbonyl (C=S) groups is 1. The lowest BCUT2D eigenvalue weighted by Crippen LogP contribution is -2.43. The van der Waals surface area contributed by atoms with Crippen molar-refractivity contribution in [3.63, 3.8) is 0 Å². The zero-order valence-electron chi connectivity index (χ0n) is 6.80. The highest BCUT2D eigenvalue weighted by Gasteiger charge is 2.09. The molecule has 0 aromatic heterocycles. The zero-order valence-corrected chi connectivity index (χ0v) is 8.43. The van der Waals surface area contributed by atoms with Crippen molar-refractivity contribution in [3.8, 4) is 0 Å². The van der Waals surface area contributed by atoms with Crippen LogP contribution >= 0.6 is 24.0 Å². The van der Waals surface area contributed by atoms with Crippen molar-refractivity contribution in [3.05, 3.63) is 0 Å². The van der Waals surface area contributed by atoms with Crippen molar-refractivity contribution in [1.29, 1.82) is 0 Å². The maximum absolute atomic E-state index is 5.05. The third kappa shape index (κ3) is 3.40. The van der Waals surface area contributed by atoms with Gasteiger partial charge in [0.05, 0.1) is 0 Å². The van der Waals surface area contributed by atoms with Crippen LogP contribution < -0.4 is 5.43 Å². The maximum atomic E-state index is 5.05. The summed E-state index contributed by atoms with van der Waals surface area (Å²) in [5.74, 6) is 0. The van der Waals surface area contributed by atoms with E-state index in [0.717, 1.165) is 17.4 Å². The van der Waals surface area contributed by atoms with Gasteiger partial charge in [0.25, 0.3) is 0 Å². The minimum Gasteiger partial charge on any atom is -0.304 e. The Morgan fingerprint density at radius 3 is 2.55 bits per heavy atom. The molecular formula is C7H14N2S2. The van der Waals surface area contributed by atoms with E-state index in [1.807, 2.05) is 6.26 Å². The molecule has 0 bridgehead atoms. The van der Waals surface area contributed by atoms with Crippen LogP contribution in [0.5, 0.6) is 0 Å². The Bertz CT molecular complexity index is 132. The van der Waals surface area contributed by atoms with Crippen molar-refractivity contribution >= 4 is 28.3 Å². The van der Waals surface area contributed by atoms with Crippen molar-refractivity contribution < 1.29 is 0 Å². The fourth-order valence-corrected chi connectivity index (χ4v) is 1.53. The second-order valence-electron chi connectivity index (χ2n) is 2.65. The largest absolute Gasteiger partial charge is 0.304 e. The van der Waals surface area contributed by atoms with Crippen LogP contribution in [-0.4, -0.2) is 28.7 Å². The Balaban J connectivity index is 2.19. The Hall–Kier alpha value is 0.200. The molecule has 0 aromatic rings. The van der Waals surface area contributed by atoms with Crippen LogP contribution in [0.25, 0.3) is 0 Å². The summed E-state index contributed by atoms with van der Waals surface area (Å²) in [5.41, 5.74) is 3.20. The summed E-state index contributed by atoms with van der Waals surface area (Å²) in [6, 6.07) is 0. The van der Waals surface area contributed by atoms with E-state index in [0.29, 0.717) is 0 Å². The lowest BCUT2D eigenvalue weighted by atomic mass is 10.2. The molecular weight excluding hydrogens is 176 g/mol. The van der Waals surface area contributed by atoms with E-state index in [4.69, 9.17) is 12.2 Å². The number of piperidine rings is 1. The predicted molar refractivity (Wildman–Crippen MR) is 54.7 cm³/mol. The van der Waals surface area contributed by atoms with Gasteiger partial charge in [-0.2, -0.15) is 0 Å². The number of hydrazine groups is 1. The van der Waals surface area contributed by atoms with Crippen LogP contribution in [-0.2, 0) is 0 Å². The molecule has 11 heavy (non-hydrogen) atoms. The first-order chi connectivity index (χ1) is 5.33. The second kappa shape index (κ2) is 4.95. The van der Waals surface area contributed by atoms with Crippen LogP contribution in [0, 0.1) is 0 Å². The molecule has 0 spiro atoms. The highest BCUT2D eigenvalue weighted by Crippen LogP contribution is 2.07. The Morgan fingerprint density at radius 1 is 1.36 bits per heavy atom. The van der Waals surface area contributed by atoms with E-state index in [1.54, 1.807) is 11.8 Å². The molecule has 0 aliphatic carbocycles. The Kier molecular flexibility index (Phi) is 4.18. The van der Waals surface area contributed by atoms with Gasteiger partial charge in [-0.1, -0.05) is 30.4 Å². The summed E-state index contributed by atoms with van der Waals surface area (Å²) < 4.78 is 0.881. The number of rotatable bonds is 1. The van der Waals surface area contributed by atoms with Crippen molar-refractivity contribution in [2.75, 3.05) is 19.3 Å². The summed E-state index contributed by atoms with van der Waals surface area (Å²) in [5, 5.41) is 2.21. The Labute approximate surface area is 77.7 Å². The number of hydrogen-bond donors (Lipinski definition) is 1. The van der Waals surface area contributed by atoms with Gasteiger partial charge in [-0.05, 0) is 19.1 Å². The summed E-state index contributed by atoms with van der Waals surface area (Å²) in [4.78, 5) is 0. The second-order valence-corrected chi connectivity index (χ2v) is 4.13. The van der Waals surface area contributed by atoms with E-state index in [2.05, 4.69) is 10.4 Å². The lowest BCUT2D eigenvalue weighted by molar-refractivity contribution is 0.197. The molecule has 0 amide bonds. The highest BCUT2D eigenvalue weighted by atomic mass is 32.2. The zero-order chi connectivity index (χ0) is 8.10. The van der Waals surface area contributed by atoms with Crippen molar-refractivity contribution in [1.82, 2.24) is 10.4 Å². The maximum Gasteiger partial charge on any atom is 0.147 e. The van der Waals surface area contributed by atoms with Crippen LogP contribution in [0.3, 0.4) is 0 Å². The predicted octanol–water partition coefficient (Wildman–Crippen LogP) is 1.62. The normalized spacial score (nSPS) is 19.7. The van der Waals surface area contributed by atoms with Crippen LogP contribution in [0.4, 0.5) is 0 Å². The molecule has 0 aromatic carbocycles. The molecule has 1 fully saturated rings. The topological polar surface area (TPSA) is 15.3 Å². The molecule has 1 aliphatic rings. The third-order valence-electron chi connectivity index (χ3n) is 1.79. The summed E-state index contributed by atoms with van der Waals surface area (Å²) in [6.07, 6.45) is 5.96. The fraction of sp³-hybridized carbons (Fsp3) is 0.857. The molecule has 1 aliphatic heterocycles. The van der Waals surface area contributed by atoms with Crippen molar-refractivity contribution in [2.24, 2.45) is 0 Å². The quantitative estimate of drug-likeness (QED) is 0.632. The van der Waals surface area contributed by atoms with Gasteiger partial charge in [0.15, 0.2) is 0 Å². The molecule has 1 rings (SSSR count). The third-order valence-corrected chi connectivity index (χ3v) is 2.84. The van der Waals surface area contributed by atoms with Crippen LogP contribution in [0.2, 0.25) is 0 Å². The number of nitrogens with one attached hydrogen (secondary N) is 1. The van der Waals surface area contributed by atoms with Gasteiger partial charge in [-0.15, -0.1) is 0 Å². The van der Waals surface area contributed by atoms with E-state index in [-0.39, 0.29) is 0 Å². The molecule has 0 radical (unpaired) electrons. The molecule has 1 heterocycles. The monoisotopic (exact) mass is 190 g/mol. The SMILES string of the molecule is CSC(=S)NN1CCCCC1. The van der Waals surface area contributed by atoms with Crippen LogP contribution in [0.1, 0.15) is 19.3 Å². The minimum atomic E-state index is 0.881. The summed E-state index contributed by atoms with van der Waals surface area (Å²) >= 11 is 6.64. The number of hydrogen-bond acceptors (Lipinski definition) is 3. The minimum absolute atomic E-state index is 0.881. The first-order valence-electron chi connectivity index (χ1n) is 3.92. The molecule has 4 heteroatoms. The first-order valence-corrected chi connectivity index (χ1v) is 5.56. The van der Waals surface area contributed by atoms with E-state index in [1.165, 1.54) is 19.3 Å². The van der Waals surface area contributed by atoms with Gasteiger partial charge in [-0.25, -0.2) is 5.01 Å². The van der Waals surface area contributed by atoms with Gasteiger partial charge in [0, 0.05) is 13.1 Å². The van der Waals surface area contributed by atoms with Gasteiger partial charge >= 0.3 is 0 Å². The molecule has 0 atom stereocenters. The average Bonchev–Trinajstić information content (AvgIpc) is 2.06. The average molecular weight is 190 g/mol. The fourth-order valence-electron chi connectivity index (χ4n) is 1.18. The lowest BCUT2D eigenvalue weighted by Gasteiger charge is -2.27.